The van der Waals surface area contributed by atoms with Crippen molar-refractivity contribution in [1.29, 1.82) is 0 Å². The Morgan fingerprint density at radius 3 is 2.47 bits per heavy atom. The Morgan fingerprint density at radius 2 is 1.80 bits per heavy atom. The number of hydrogen-bond acceptors (Lipinski definition) is 4. The second-order valence-electron chi connectivity index (χ2n) is 3.98. The maximum absolute atomic E-state index is 11.6. The summed E-state index contributed by atoms with van der Waals surface area (Å²) in [7, 11) is -3.22. The molecule has 0 saturated carbocycles. The summed E-state index contributed by atoms with van der Waals surface area (Å²) in [6, 6.07) is 0. The Morgan fingerprint density at radius 1 is 1.13 bits per heavy atom. The average Bonchev–Trinajstić information content (AvgIpc) is 2.15. The molecule has 4 nitrogen and oxygen atoms in total. The van der Waals surface area contributed by atoms with E-state index in [4.69, 9.17) is 0 Å². The molecule has 2 rings (SSSR count). The van der Waals surface area contributed by atoms with Crippen LogP contribution in [0, 0.1) is 6.92 Å². The number of hydrogen-bond donors (Lipinski definition) is 0. The van der Waals surface area contributed by atoms with Crippen LogP contribution in [0.3, 0.4) is 0 Å². The molecule has 0 aromatic carbocycles. The van der Waals surface area contributed by atoms with Gasteiger partial charge in [-0.15, -0.1) is 0 Å². The second-order valence-corrected chi connectivity index (χ2v) is 5.91. The molecule has 0 N–H and O–H groups in total. The minimum absolute atomic E-state index is 0.240. The minimum Gasteiger partial charge on any atom is -0.238 e. The molecule has 0 atom stereocenters. The van der Waals surface area contributed by atoms with E-state index in [0.717, 1.165) is 36.9 Å². The van der Waals surface area contributed by atoms with Gasteiger partial charge < -0.3 is 0 Å². The molecule has 0 saturated heterocycles. The molecule has 0 radical (unpaired) electrons. The van der Waals surface area contributed by atoms with Crippen molar-refractivity contribution < 1.29 is 8.42 Å². The maximum Gasteiger partial charge on any atom is 0.193 e. The second kappa shape index (κ2) is 3.56. The maximum atomic E-state index is 11.6. The van der Waals surface area contributed by atoms with E-state index < -0.39 is 9.84 Å². The van der Waals surface area contributed by atoms with Gasteiger partial charge in [0, 0.05) is 17.5 Å². The number of rotatable bonds is 1. The minimum atomic E-state index is -3.22. The normalized spacial score (nSPS) is 16.1. The van der Waals surface area contributed by atoms with Crippen LogP contribution in [0.2, 0.25) is 0 Å². The van der Waals surface area contributed by atoms with Gasteiger partial charge in [0.25, 0.3) is 0 Å². The summed E-state index contributed by atoms with van der Waals surface area (Å²) >= 11 is 0. The first-order valence-electron chi connectivity index (χ1n) is 5.05. The van der Waals surface area contributed by atoms with Crippen LogP contribution in [0.1, 0.15) is 29.9 Å². The van der Waals surface area contributed by atoms with Crippen molar-refractivity contribution >= 4 is 9.84 Å². The van der Waals surface area contributed by atoms with E-state index in [2.05, 4.69) is 9.97 Å². The fourth-order valence-corrected chi connectivity index (χ4v) is 2.95. The van der Waals surface area contributed by atoms with Gasteiger partial charge in [0.1, 0.15) is 5.82 Å². The van der Waals surface area contributed by atoms with Gasteiger partial charge in [-0.25, -0.2) is 18.4 Å². The first-order chi connectivity index (χ1) is 6.98. The fraction of sp³-hybridized carbons (Fsp3) is 0.600. The van der Waals surface area contributed by atoms with Gasteiger partial charge in [-0.1, -0.05) is 0 Å². The van der Waals surface area contributed by atoms with Gasteiger partial charge in [0.15, 0.2) is 14.9 Å². The number of sulfone groups is 1. The third-order valence-corrected chi connectivity index (χ3v) is 3.65. The molecule has 0 aliphatic heterocycles. The van der Waals surface area contributed by atoms with Crippen LogP contribution in [0.25, 0.3) is 0 Å². The van der Waals surface area contributed by atoms with Gasteiger partial charge in [0.05, 0.1) is 0 Å². The van der Waals surface area contributed by atoms with Crippen LogP contribution in [0.15, 0.2) is 5.03 Å². The van der Waals surface area contributed by atoms with E-state index in [-0.39, 0.29) is 5.03 Å². The van der Waals surface area contributed by atoms with E-state index in [1.54, 1.807) is 6.92 Å². The standard InChI is InChI=1S/C10H14N2O2S/c1-7-11-9-6-4-3-5-8(9)10(12-7)15(2,13)14/h3-6H2,1-2H3. The summed E-state index contributed by atoms with van der Waals surface area (Å²) in [5.41, 5.74) is 1.77. The van der Waals surface area contributed by atoms with Crippen LogP contribution in [-0.2, 0) is 22.7 Å². The first kappa shape index (κ1) is 10.5. The van der Waals surface area contributed by atoms with Crippen molar-refractivity contribution in [1.82, 2.24) is 9.97 Å². The van der Waals surface area contributed by atoms with Gasteiger partial charge in [-0.05, 0) is 32.6 Å². The quantitative estimate of drug-likeness (QED) is 0.672. The zero-order chi connectivity index (χ0) is 11.1. The fourth-order valence-electron chi connectivity index (χ4n) is 1.98. The van der Waals surface area contributed by atoms with Crippen LogP contribution >= 0.6 is 0 Å². The molecular weight excluding hydrogens is 212 g/mol. The topological polar surface area (TPSA) is 59.9 Å². The van der Waals surface area contributed by atoms with E-state index >= 15 is 0 Å². The third-order valence-electron chi connectivity index (χ3n) is 2.61. The first-order valence-corrected chi connectivity index (χ1v) is 6.94. The zero-order valence-corrected chi connectivity index (χ0v) is 9.76. The lowest BCUT2D eigenvalue weighted by atomic mass is 9.97. The molecule has 15 heavy (non-hydrogen) atoms. The molecule has 5 heteroatoms. The Balaban J connectivity index is 2.68. The molecule has 82 valence electrons. The van der Waals surface area contributed by atoms with Crippen molar-refractivity contribution in [3.8, 4) is 0 Å². The van der Waals surface area contributed by atoms with Gasteiger partial charge in [-0.2, -0.15) is 0 Å². The predicted octanol–water partition coefficient (Wildman–Crippen LogP) is 1.07. The van der Waals surface area contributed by atoms with Gasteiger partial charge >= 0.3 is 0 Å². The van der Waals surface area contributed by atoms with Gasteiger partial charge in [-0.3, -0.25) is 0 Å². The monoisotopic (exact) mass is 226 g/mol. The number of nitrogens with zero attached hydrogens (tertiary/aromatic N) is 2. The van der Waals surface area contributed by atoms with Crippen molar-refractivity contribution in [2.75, 3.05) is 6.26 Å². The molecule has 0 spiro atoms. The van der Waals surface area contributed by atoms with E-state index in [1.165, 1.54) is 6.26 Å². The largest absolute Gasteiger partial charge is 0.238 e. The summed E-state index contributed by atoms with van der Waals surface area (Å²) in [6.07, 6.45) is 5.00. The SMILES string of the molecule is Cc1nc2c(c(S(C)(=O)=O)n1)CCCC2. The average molecular weight is 226 g/mol. The molecule has 0 fully saturated rings. The third kappa shape index (κ3) is 2.02. The molecule has 1 aromatic rings. The summed E-state index contributed by atoms with van der Waals surface area (Å²) in [4.78, 5) is 8.37. The lowest BCUT2D eigenvalue weighted by molar-refractivity contribution is 0.585. The molecular formula is C10H14N2O2S. The molecule has 1 aromatic heterocycles. The molecule has 1 aliphatic carbocycles. The molecule has 0 bridgehead atoms. The van der Waals surface area contributed by atoms with Crippen LogP contribution in [0.4, 0.5) is 0 Å². The van der Waals surface area contributed by atoms with Crippen molar-refractivity contribution in [3.05, 3.63) is 17.1 Å². The van der Waals surface area contributed by atoms with Crippen LogP contribution < -0.4 is 0 Å². The van der Waals surface area contributed by atoms with Gasteiger partial charge in [0.2, 0.25) is 0 Å². The summed E-state index contributed by atoms with van der Waals surface area (Å²) < 4.78 is 23.1. The Kier molecular flexibility index (Phi) is 2.50. The van der Waals surface area contributed by atoms with E-state index in [1.807, 2.05) is 0 Å². The number of fused-ring (bicyclic) bond motifs is 1. The summed E-state index contributed by atoms with van der Waals surface area (Å²) in [5.74, 6) is 0.552. The molecule has 0 unspecified atom stereocenters. The molecule has 1 heterocycles. The lowest BCUT2D eigenvalue weighted by Gasteiger charge is -2.17. The number of aryl methyl sites for hydroxylation is 2. The Hall–Kier alpha value is -0.970. The lowest BCUT2D eigenvalue weighted by Crippen LogP contribution is -2.15. The van der Waals surface area contributed by atoms with E-state index in [0.29, 0.717) is 5.82 Å². The van der Waals surface area contributed by atoms with Crippen LogP contribution in [-0.4, -0.2) is 24.6 Å². The molecule has 0 amide bonds. The van der Waals surface area contributed by atoms with Crippen molar-refractivity contribution in [2.45, 2.75) is 37.6 Å². The summed E-state index contributed by atoms with van der Waals surface area (Å²) in [6.45, 7) is 1.74. The Labute approximate surface area is 89.7 Å². The smallest absolute Gasteiger partial charge is 0.193 e. The Bertz CT molecular complexity index is 494. The highest BCUT2D eigenvalue weighted by molar-refractivity contribution is 7.90. The summed E-state index contributed by atoms with van der Waals surface area (Å²) in [5, 5.41) is 0.240. The van der Waals surface area contributed by atoms with E-state index in [9.17, 15) is 8.42 Å². The zero-order valence-electron chi connectivity index (χ0n) is 8.95. The number of aromatic nitrogens is 2. The van der Waals surface area contributed by atoms with Crippen molar-refractivity contribution in [2.24, 2.45) is 0 Å². The van der Waals surface area contributed by atoms with Crippen LogP contribution in [0.5, 0.6) is 0 Å². The highest BCUT2D eigenvalue weighted by Gasteiger charge is 2.22. The van der Waals surface area contributed by atoms with Crippen molar-refractivity contribution in [3.63, 3.8) is 0 Å². The predicted molar refractivity (Wildman–Crippen MR) is 56.5 cm³/mol. The highest BCUT2D eigenvalue weighted by atomic mass is 32.2. The highest BCUT2D eigenvalue weighted by Crippen LogP contribution is 2.24. The molecule has 1 aliphatic rings.